The predicted octanol–water partition coefficient (Wildman–Crippen LogP) is 5.18. The predicted molar refractivity (Wildman–Crippen MR) is 147 cm³/mol. The largest absolute Gasteiger partial charge is 0.350 e. The van der Waals surface area contributed by atoms with E-state index < -0.39 is 21.6 Å². The van der Waals surface area contributed by atoms with Crippen LogP contribution in [0.4, 0.5) is 5.69 Å². The first-order valence-corrected chi connectivity index (χ1v) is 14.3. The number of anilines is 1. The minimum absolute atomic E-state index is 0.0518. The zero-order valence-corrected chi connectivity index (χ0v) is 24.0. The Labute approximate surface area is 224 Å². The minimum atomic E-state index is -3.54. The Bertz CT molecular complexity index is 1180. The summed E-state index contributed by atoms with van der Waals surface area (Å²) in [4.78, 5) is 27.7. The minimum Gasteiger partial charge on any atom is -0.350 e. The second-order valence-electron chi connectivity index (χ2n) is 9.95. The van der Waals surface area contributed by atoms with E-state index in [4.69, 9.17) is 23.2 Å². The van der Waals surface area contributed by atoms with E-state index in [-0.39, 0.29) is 37.7 Å². The van der Waals surface area contributed by atoms with Crippen LogP contribution < -0.4 is 9.62 Å². The van der Waals surface area contributed by atoms with Gasteiger partial charge in [-0.05, 0) is 70.9 Å². The molecule has 0 saturated heterocycles. The second kappa shape index (κ2) is 12.3. The van der Waals surface area contributed by atoms with Gasteiger partial charge in [-0.2, -0.15) is 0 Å². The summed E-state index contributed by atoms with van der Waals surface area (Å²) in [5.41, 5.74) is 1.74. The van der Waals surface area contributed by atoms with Gasteiger partial charge in [0, 0.05) is 35.1 Å². The molecule has 198 valence electrons. The van der Waals surface area contributed by atoms with E-state index in [0.717, 1.165) is 11.8 Å². The summed E-state index contributed by atoms with van der Waals surface area (Å²) in [5, 5.41) is 3.77. The Kier molecular flexibility index (Phi) is 10.2. The van der Waals surface area contributed by atoms with Crippen molar-refractivity contribution in [3.05, 3.63) is 63.6 Å². The lowest BCUT2D eigenvalue weighted by Gasteiger charge is -2.32. The maximum Gasteiger partial charge on any atom is 0.242 e. The van der Waals surface area contributed by atoms with Gasteiger partial charge in [-0.3, -0.25) is 13.9 Å². The third kappa shape index (κ3) is 8.98. The molecular formula is C26H35Cl2N3O4S. The molecule has 0 spiro atoms. The zero-order valence-electron chi connectivity index (χ0n) is 21.6. The lowest BCUT2D eigenvalue weighted by molar-refractivity contribution is -0.141. The van der Waals surface area contributed by atoms with Crippen LogP contribution in [0.3, 0.4) is 0 Å². The Morgan fingerprint density at radius 1 is 1.06 bits per heavy atom. The molecule has 0 aliphatic rings. The summed E-state index contributed by atoms with van der Waals surface area (Å²) in [7, 11) is -3.54. The molecule has 0 aliphatic carbocycles. The molecule has 1 N–H and O–H groups in total. The highest BCUT2D eigenvalue weighted by Crippen LogP contribution is 2.24. The van der Waals surface area contributed by atoms with Crippen LogP contribution >= 0.6 is 23.2 Å². The van der Waals surface area contributed by atoms with Gasteiger partial charge in [-0.15, -0.1) is 0 Å². The number of carbonyl (C=O) groups excluding carboxylic acids is 2. The average Bonchev–Trinajstić information content (AvgIpc) is 2.74. The van der Waals surface area contributed by atoms with Crippen molar-refractivity contribution < 1.29 is 18.0 Å². The third-order valence-corrected chi connectivity index (χ3v) is 7.28. The first-order chi connectivity index (χ1) is 16.6. The summed E-state index contributed by atoms with van der Waals surface area (Å²) < 4.78 is 26.1. The van der Waals surface area contributed by atoms with Crippen molar-refractivity contribution in [3.8, 4) is 0 Å². The number of hydrogen-bond acceptors (Lipinski definition) is 4. The lowest BCUT2D eigenvalue weighted by Crippen LogP contribution is -2.52. The number of amides is 2. The molecule has 0 unspecified atom stereocenters. The van der Waals surface area contributed by atoms with E-state index >= 15 is 0 Å². The van der Waals surface area contributed by atoms with Gasteiger partial charge in [0.25, 0.3) is 0 Å². The maximum atomic E-state index is 13.4. The molecule has 10 heteroatoms. The molecule has 0 radical (unpaired) electrons. The van der Waals surface area contributed by atoms with Gasteiger partial charge >= 0.3 is 0 Å². The molecule has 0 saturated carbocycles. The van der Waals surface area contributed by atoms with E-state index in [2.05, 4.69) is 5.32 Å². The summed E-state index contributed by atoms with van der Waals surface area (Å²) in [6.45, 7) is 9.43. The van der Waals surface area contributed by atoms with Crippen molar-refractivity contribution in [2.45, 2.75) is 65.6 Å². The topological polar surface area (TPSA) is 86.8 Å². The van der Waals surface area contributed by atoms with Gasteiger partial charge in [-0.25, -0.2) is 8.42 Å². The number of sulfonamides is 1. The van der Waals surface area contributed by atoms with E-state index in [0.29, 0.717) is 21.3 Å². The number of carbonyl (C=O) groups is 2. The second-order valence-corrected chi connectivity index (χ2v) is 12.7. The SMILES string of the molecule is Cc1ccc(N(CCCC(=O)N(Cc2ccc(Cl)cc2Cl)[C@H](C)C(=O)NC(C)(C)C)S(C)(=O)=O)cc1. The molecule has 1 atom stereocenters. The van der Waals surface area contributed by atoms with Gasteiger partial charge < -0.3 is 10.2 Å². The van der Waals surface area contributed by atoms with Crippen LogP contribution in [0.15, 0.2) is 42.5 Å². The molecular weight excluding hydrogens is 521 g/mol. The molecule has 0 fully saturated rings. The number of aryl methyl sites for hydroxylation is 1. The number of nitrogens with one attached hydrogen (secondary N) is 1. The number of benzene rings is 2. The first-order valence-electron chi connectivity index (χ1n) is 11.7. The number of nitrogens with zero attached hydrogens (tertiary/aromatic N) is 2. The number of hydrogen-bond donors (Lipinski definition) is 1. The van der Waals surface area contributed by atoms with Crippen molar-refractivity contribution in [3.63, 3.8) is 0 Å². The van der Waals surface area contributed by atoms with E-state index in [1.165, 1.54) is 9.21 Å². The van der Waals surface area contributed by atoms with Crippen molar-refractivity contribution in [1.82, 2.24) is 10.2 Å². The van der Waals surface area contributed by atoms with Crippen LogP contribution in [0, 0.1) is 6.92 Å². The Morgan fingerprint density at radius 3 is 2.19 bits per heavy atom. The maximum absolute atomic E-state index is 13.4. The fraction of sp³-hybridized carbons (Fsp3) is 0.462. The normalized spacial score (nSPS) is 12.7. The van der Waals surface area contributed by atoms with E-state index in [1.807, 2.05) is 39.8 Å². The fourth-order valence-corrected chi connectivity index (χ4v) is 5.04. The van der Waals surface area contributed by atoms with Crippen molar-refractivity contribution in [1.29, 1.82) is 0 Å². The van der Waals surface area contributed by atoms with Gasteiger partial charge in [0.15, 0.2) is 0 Å². The quantitative estimate of drug-likeness (QED) is 0.437. The summed E-state index contributed by atoms with van der Waals surface area (Å²) in [5.74, 6) is -0.576. The molecule has 2 aromatic carbocycles. The van der Waals surface area contributed by atoms with Crippen molar-refractivity contribution >= 4 is 50.7 Å². The van der Waals surface area contributed by atoms with Crippen LogP contribution in [-0.4, -0.2) is 49.5 Å². The van der Waals surface area contributed by atoms with Gasteiger partial charge in [0.05, 0.1) is 11.9 Å². The summed E-state index contributed by atoms with van der Waals surface area (Å²) in [6.07, 6.45) is 1.47. The highest BCUT2D eigenvalue weighted by atomic mass is 35.5. The molecule has 0 aromatic heterocycles. The molecule has 0 bridgehead atoms. The highest BCUT2D eigenvalue weighted by molar-refractivity contribution is 7.92. The summed E-state index contributed by atoms with van der Waals surface area (Å²) in [6, 6.07) is 11.4. The lowest BCUT2D eigenvalue weighted by atomic mass is 10.1. The van der Waals surface area contributed by atoms with Crippen molar-refractivity contribution in [2.75, 3.05) is 17.1 Å². The molecule has 7 nitrogen and oxygen atoms in total. The monoisotopic (exact) mass is 555 g/mol. The smallest absolute Gasteiger partial charge is 0.242 e. The van der Waals surface area contributed by atoms with Gasteiger partial charge in [0.1, 0.15) is 6.04 Å². The van der Waals surface area contributed by atoms with Crippen LogP contribution in [0.5, 0.6) is 0 Å². The number of rotatable bonds is 10. The molecule has 0 heterocycles. The highest BCUT2D eigenvalue weighted by Gasteiger charge is 2.29. The average molecular weight is 557 g/mol. The molecule has 2 aromatic rings. The zero-order chi connectivity index (χ0) is 27.3. The molecule has 36 heavy (non-hydrogen) atoms. The Hall–Kier alpha value is -2.29. The first kappa shape index (κ1) is 29.9. The number of halogens is 2. The van der Waals surface area contributed by atoms with Gasteiger partial charge in [0.2, 0.25) is 21.8 Å². The fourth-order valence-electron chi connectivity index (χ4n) is 3.61. The molecule has 2 amide bonds. The third-order valence-electron chi connectivity index (χ3n) is 5.50. The molecule has 0 aliphatic heterocycles. The van der Waals surface area contributed by atoms with Crippen LogP contribution in [0.2, 0.25) is 10.0 Å². The van der Waals surface area contributed by atoms with E-state index in [1.54, 1.807) is 37.3 Å². The van der Waals surface area contributed by atoms with E-state index in [9.17, 15) is 18.0 Å². The Morgan fingerprint density at radius 2 is 1.67 bits per heavy atom. The molecule has 2 rings (SSSR count). The Balaban J connectivity index is 2.22. The van der Waals surface area contributed by atoms with Gasteiger partial charge in [-0.1, -0.05) is 47.0 Å². The summed E-state index contributed by atoms with van der Waals surface area (Å²) >= 11 is 12.4. The van der Waals surface area contributed by atoms with Crippen LogP contribution in [0.1, 0.15) is 51.7 Å². The van der Waals surface area contributed by atoms with Crippen LogP contribution in [-0.2, 0) is 26.2 Å². The van der Waals surface area contributed by atoms with Crippen LogP contribution in [0.25, 0.3) is 0 Å². The van der Waals surface area contributed by atoms with Crippen molar-refractivity contribution in [2.24, 2.45) is 0 Å². The standard InChI is InChI=1S/C26H35Cl2N3O4S/c1-18-9-13-22(14-10-18)31(36(6,34)35)15-7-8-24(32)30(19(2)25(33)29-26(3,4)5)17-20-11-12-21(27)16-23(20)28/h9-14,16,19H,7-8,15,17H2,1-6H3,(H,29,33)/t19-/m1/s1.